The Labute approximate surface area is 165 Å². The average Bonchev–Trinajstić information content (AvgIpc) is 2.93. The molecule has 148 valence electrons. The molecular formula is C19H21ClN4O4. The summed E-state index contributed by atoms with van der Waals surface area (Å²) in [6.45, 7) is 0. The second-order valence-corrected chi connectivity index (χ2v) is 7.10. The fourth-order valence-corrected chi connectivity index (χ4v) is 3.61. The highest BCUT2D eigenvalue weighted by molar-refractivity contribution is 6.33. The summed E-state index contributed by atoms with van der Waals surface area (Å²) in [7, 11) is 0. The van der Waals surface area contributed by atoms with Crippen LogP contribution in [-0.4, -0.2) is 26.8 Å². The highest BCUT2D eigenvalue weighted by Gasteiger charge is 2.21. The first-order chi connectivity index (χ1) is 13.5. The minimum absolute atomic E-state index is 0.184. The van der Waals surface area contributed by atoms with E-state index in [4.69, 9.17) is 11.6 Å². The van der Waals surface area contributed by atoms with E-state index in [0.717, 1.165) is 44.7 Å². The van der Waals surface area contributed by atoms with Crippen LogP contribution in [0, 0.1) is 0 Å². The van der Waals surface area contributed by atoms with Crippen LogP contribution in [0.3, 0.4) is 0 Å². The first kappa shape index (κ1) is 19.9. The van der Waals surface area contributed by atoms with Crippen molar-refractivity contribution in [3.05, 3.63) is 61.3 Å². The van der Waals surface area contributed by atoms with Crippen LogP contribution in [-0.2, 0) is 0 Å². The van der Waals surface area contributed by atoms with Gasteiger partial charge in [0.1, 0.15) is 5.56 Å². The smallest absolute Gasteiger partial charge is 0.331 e. The van der Waals surface area contributed by atoms with Gasteiger partial charge in [-0.3, -0.25) is 19.1 Å². The lowest BCUT2D eigenvalue weighted by molar-refractivity contribution is 0.0955. The zero-order valence-electron chi connectivity index (χ0n) is 15.2. The van der Waals surface area contributed by atoms with Crippen LogP contribution in [0.4, 0.5) is 0 Å². The minimum atomic E-state index is -0.775. The molecule has 0 saturated heterocycles. The summed E-state index contributed by atoms with van der Waals surface area (Å²) in [6.07, 6.45) is 6.59. The number of aromatic nitrogens is 2. The van der Waals surface area contributed by atoms with Gasteiger partial charge in [0.15, 0.2) is 0 Å². The topological polar surface area (TPSA) is 117 Å². The van der Waals surface area contributed by atoms with Gasteiger partial charge in [0.2, 0.25) is 5.88 Å². The van der Waals surface area contributed by atoms with Gasteiger partial charge in [-0.05, 0) is 25.0 Å². The summed E-state index contributed by atoms with van der Waals surface area (Å²) in [4.78, 5) is 38.7. The summed E-state index contributed by atoms with van der Waals surface area (Å²) in [5, 5.41) is 14.5. The molecule has 1 aromatic carbocycles. The minimum Gasteiger partial charge on any atom is -0.494 e. The number of aromatic amines is 1. The van der Waals surface area contributed by atoms with E-state index in [1.54, 1.807) is 18.2 Å². The van der Waals surface area contributed by atoms with Crippen LogP contribution in [0.25, 0.3) is 0 Å². The number of hydrazone groups is 1. The number of hydrogen-bond acceptors (Lipinski definition) is 5. The van der Waals surface area contributed by atoms with Gasteiger partial charge in [0, 0.05) is 6.04 Å². The molecule has 1 heterocycles. The Morgan fingerprint density at radius 1 is 1.21 bits per heavy atom. The van der Waals surface area contributed by atoms with Crippen molar-refractivity contribution in [1.82, 2.24) is 15.0 Å². The number of halogens is 1. The van der Waals surface area contributed by atoms with E-state index in [9.17, 15) is 19.5 Å². The predicted octanol–water partition coefficient (Wildman–Crippen LogP) is 2.55. The highest BCUT2D eigenvalue weighted by Crippen LogP contribution is 2.28. The molecule has 3 rings (SSSR count). The van der Waals surface area contributed by atoms with Crippen LogP contribution < -0.4 is 16.7 Å². The Morgan fingerprint density at radius 2 is 1.89 bits per heavy atom. The van der Waals surface area contributed by atoms with E-state index >= 15 is 0 Å². The van der Waals surface area contributed by atoms with Crippen LogP contribution in [0.2, 0.25) is 5.02 Å². The van der Waals surface area contributed by atoms with Crippen molar-refractivity contribution in [3.63, 3.8) is 0 Å². The van der Waals surface area contributed by atoms with Crippen molar-refractivity contribution in [2.24, 2.45) is 5.10 Å². The van der Waals surface area contributed by atoms with Gasteiger partial charge in [-0.25, -0.2) is 10.2 Å². The summed E-state index contributed by atoms with van der Waals surface area (Å²) in [6, 6.07) is 6.26. The number of carbonyl (C=O) groups excluding carboxylic acids is 1. The molecule has 0 spiro atoms. The number of benzene rings is 1. The number of nitrogens with one attached hydrogen (secondary N) is 2. The Balaban J connectivity index is 1.85. The van der Waals surface area contributed by atoms with Gasteiger partial charge in [0.05, 0.1) is 16.8 Å². The molecule has 1 aliphatic carbocycles. The predicted molar refractivity (Wildman–Crippen MR) is 106 cm³/mol. The molecule has 0 atom stereocenters. The van der Waals surface area contributed by atoms with Gasteiger partial charge in [-0.1, -0.05) is 49.4 Å². The van der Waals surface area contributed by atoms with Gasteiger partial charge in [-0.15, -0.1) is 0 Å². The maximum atomic E-state index is 12.2. The highest BCUT2D eigenvalue weighted by atomic mass is 35.5. The van der Waals surface area contributed by atoms with E-state index in [1.165, 1.54) is 10.6 Å². The standard InChI is InChI=1S/C19H21ClN4O4/c20-15-10-6-5-9-13(15)17(26)23-21-11-14-16(25)22-19(28)24(18(14)27)12-7-3-1-2-4-8-12/h5-6,9-12,27H,1-4,7-8H2,(H,23,26)(H,22,25,28). The van der Waals surface area contributed by atoms with E-state index in [-0.39, 0.29) is 22.2 Å². The molecule has 9 heteroatoms. The van der Waals surface area contributed by atoms with Crippen LogP contribution in [0.1, 0.15) is 60.5 Å². The number of nitrogens with zero attached hydrogens (tertiary/aromatic N) is 2. The Hall–Kier alpha value is -2.87. The van der Waals surface area contributed by atoms with Gasteiger partial charge in [-0.2, -0.15) is 5.10 Å². The third-order valence-electron chi connectivity index (χ3n) is 4.82. The zero-order chi connectivity index (χ0) is 20.1. The summed E-state index contributed by atoms with van der Waals surface area (Å²) >= 11 is 5.96. The number of aromatic hydroxyl groups is 1. The number of H-pyrrole nitrogens is 1. The third-order valence-corrected chi connectivity index (χ3v) is 5.15. The normalized spacial score (nSPS) is 15.5. The van der Waals surface area contributed by atoms with E-state index < -0.39 is 23.0 Å². The molecule has 1 amide bonds. The molecule has 28 heavy (non-hydrogen) atoms. The van der Waals surface area contributed by atoms with Crippen molar-refractivity contribution in [2.75, 3.05) is 0 Å². The van der Waals surface area contributed by atoms with Gasteiger partial charge in [0.25, 0.3) is 11.5 Å². The summed E-state index contributed by atoms with van der Waals surface area (Å²) in [5.74, 6) is -1.01. The molecule has 1 fully saturated rings. The molecule has 1 aromatic heterocycles. The van der Waals surface area contributed by atoms with E-state index in [1.807, 2.05) is 0 Å². The van der Waals surface area contributed by atoms with Crippen LogP contribution in [0.5, 0.6) is 5.88 Å². The van der Waals surface area contributed by atoms with Crippen molar-refractivity contribution in [2.45, 2.75) is 44.6 Å². The molecule has 0 bridgehead atoms. The molecule has 3 N–H and O–H groups in total. The average molecular weight is 405 g/mol. The fourth-order valence-electron chi connectivity index (χ4n) is 3.38. The fraction of sp³-hybridized carbons (Fsp3) is 0.368. The molecule has 0 aliphatic heterocycles. The van der Waals surface area contributed by atoms with Crippen LogP contribution in [0.15, 0.2) is 39.0 Å². The largest absolute Gasteiger partial charge is 0.494 e. The third kappa shape index (κ3) is 4.33. The number of carbonyl (C=O) groups is 1. The van der Waals surface area contributed by atoms with Crippen molar-refractivity contribution < 1.29 is 9.90 Å². The lowest BCUT2D eigenvalue weighted by Gasteiger charge is -2.19. The summed E-state index contributed by atoms with van der Waals surface area (Å²) < 4.78 is 1.21. The number of rotatable bonds is 4. The van der Waals surface area contributed by atoms with Gasteiger partial charge >= 0.3 is 5.69 Å². The maximum Gasteiger partial charge on any atom is 0.331 e. The van der Waals surface area contributed by atoms with Gasteiger partial charge < -0.3 is 5.11 Å². The first-order valence-corrected chi connectivity index (χ1v) is 9.52. The molecule has 1 saturated carbocycles. The maximum absolute atomic E-state index is 12.2. The molecule has 0 radical (unpaired) electrons. The number of amides is 1. The molecule has 8 nitrogen and oxygen atoms in total. The molecule has 1 aliphatic rings. The molecule has 2 aromatic rings. The molecule has 0 unspecified atom stereocenters. The Kier molecular flexibility index (Phi) is 6.30. The van der Waals surface area contributed by atoms with Crippen molar-refractivity contribution >= 4 is 23.7 Å². The zero-order valence-corrected chi connectivity index (χ0v) is 15.9. The van der Waals surface area contributed by atoms with Crippen LogP contribution >= 0.6 is 11.6 Å². The van der Waals surface area contributed by atoms with E-state index in [0.29, 0.717) is 0 Å². The van der Waals surface area contributed by atoms with Crippen molar-refractivity contribution in [1.29, 1.82) is 0 Å². The lowest BCUT2D eigenvalue weighted by Crippen LogP contribution is -2.34. The second kappa shape index (κ2) is 8.88. The Bertz CT molecular complexity index is 1000. The number of hydrogen-bond donors (Lipinski definition) is 3. The monoisotopic (exact) mass is 404 g/mol. The quantitative estimate of drug-likeness (QED) is 0.412. The van der Waals surface area contributed by atoms with Crippen molar-refractivity contribution in [3.8, 4) is 5.88 Å². The summed E-state index contributed by atoms with van der Waals surface area (Å²) in [5.41, 5.74) is 0.873. The molecular weight excluding hydrogens is 384 g/mol. The second-order valence-electron chi connectivity index (χ2n) is 6.69. The van der Waals surface area contributed by atoms with E-state index in [2.05, 4.69) is 15.5 Å². The first-order valence-electron chi connectivity index (χ1n) is 9.14. The lowest BCUT2D eigenvalue weighted by atomic mass is 10.1. The Morgan fingerprint density at radius 3 is 2.57 bits per heavy atom. The SMILES string of the molecule is O=C(NN=Cc1c(O)n(C2CCCCCC2)c(=O)[nH]c1=O)c1ccccc1Cl.